The minimum absolute atomic E-state index is 0.295. The molecule has 1 aromatic carbocycles. The third-order valence-corrected chi connectivity index (χ3v) is 8.50. The van der Waals surface area contributed by atoms with Crippen molar-refractivity contribution in [2.24, 2.45) is 0 Å². The van der Waals surface area contributed by atoms with Crippen molar-refractivity contribution in [1.29, 1.82) is 0 Å². The topological polar surface area (TPSA) is 46.6 Å². The highest BCUT2D eigenvalue weighted by atomic mass is 32.2. The van der Waals surface area contributed by atoms with Crippen LogP contribution in [0.2, 0.25) is 0 Å². The Kier molecular flexibility index (Phi) is 5.48. The summed E-state index contributed by atoms with van der Waals surface area (Å²) in [6.45, 7) is 3.44. The van der Waals surface area contributed by atoms with Gasteiger partial charge in [0.1, 0.15) is 0 Å². The molecule has 0 N–H and O–H groups in total. The van der Waals surface area contributed by atoms with Crippen molar-refractivity contribution < 1.29 is 13.2 Å². The molecule has 0 atom stereocenters. The van der Waals surface area contributed by atoms with Crippen molar-refractivity contribution in [2.75, 3.05) is 26.3 Å². The number of nitrogens with zero attached hydrogens (tertiary/aromatic N) is 1. The molecule has 2 heterocycles. The van der Waals surface area contributed by atoms with E-state index in [0.29, 0.717) is 31.0 Å². The molecule has 3 aliphatic rings. The van der Waals surface area contributed by atoms with E-state index in [1.54, 1.807) is 12.1 Å². The van der Waals surface area contributed by atoms with E-state index in [-0.39, 0.29) is 5.25 Å². The van der Waals surface area contributed by atoms with Gasteiger partial charge in [0.05, 0.1) is 10.1 Å². The number of piperidine rings is 1. The molecule has 4 rings (SSSR count). The van der Waals surface area contributed by atoms with E-state index < -0.39 is 9.84 Å². The first-order valence-corrected chi connectivity index (χ1v) is 11.5. The van der Waals surface area contributed by atoms with Gasteiger partial charge in [0.2, 0.25) is 0 Å². The van der Waals surface area contributed by atoms with Crippen LogP contribution in [-0.4, -0.2) is 50.9 Å². The van der Waals surface area contributed by atoms with Crippen LogP contribution in [0.25, 0.3) is 6.08 Å². The summed E-state index contributed by atoms with van der Waals surface area (Å²) in [5.74, 6) is 0. The fourth-order valence-electron chi connectivity index (χ4n) is 4.24. The van der Waals surface area contributed by atoms with Gasteiger partial charge in [0.25, 0.3) is 0 Å². The second-order valence-electron chi connectivity index (χ2n) is 7.85. The summed E-state index contributed by atoms with van der Waals surface area (Å²) in [6, 6.07) is 8.31. The van der Waals surface area contributed by atoms with Gasteiger partial charge < -0.3 is 4.74 Å². The molecule has 0 spiro atoms. The van der Waals surface area contributed by atoms with E-state index in [0.717, 1.165) is 24.4 Å². The quantitative estimate of drug-likeness (QED) is 0.806. The second kappa shape index (κ2) is 7.83. The number of hydrogen-bond acceptors (Lipinski definition) is 4. The van der Waals surface area contributed by atoms with Gasteiger partial charge in [0, 0.05) is 32.3 Å². The molecular formula is C21H29NO3S. The van der Waals surface area contributed by atoms with Gasteiger partial charge in [-0.3, -0.25) is 4.90 Å². The average Bonchev–Trinajstić information content (AvgIpc) is 2.63. The van der Waals surface area contributed by atoms with E-state index in [4.69, 9.17) is 4.74 Å². The molecule has 0 radical (unpaired) electrons. The van der Waals surface area contributed by atoms with Gasteiger partial charge in [-0.2, -0.15) is 0 Å². The number of ether oxygens (including phenoxy) is 1. The van der Waals surface area contributed by atoms with Crippen LogP contribution in [0.5, 0.6) is 0 Å². The zero-order valence-electron chi connectivity index (χ0n) is 15.4. The van der Waals surface area contributed by atoms with Crippen molar-refractivity contribution in [3.05, 3.63) is 35.4 Å². The molecule has 4 nitrogen and oxygen atoms in total. The maximum atomic E-state index is 12.7. The lowest BCUT2D eigenvalue weighted by atomic mass is 9.89. The highest BCUT2D eigenvalue weighted by molar-refractivity contribution is 7.92. The van der Waals surface area contributed by atoms with Crippen LogP contribution >= 0.6 is 0 Å². The molecule has 0 aromatic heterocycles. The number of benzene rings is 1. The Labute approximate surface area is 157 Å². The van der Waals surface area contributed by atoms with E-state index in [1.165, 1.54) is 37.9 Å². The minimum Gasteiger partial charge on any atom is -0.381 e. The molecular weight excluding hydrogens is 346 g/mol. The van der Waals surface area contributed by atoms with Crippen LogP contribution in [0.1, 0.15) is 50.5 Å². The monoisotopic (exact) mass is 375 g/mol. The second-order valence-corrected chi connectivity index (χ2v) is 10.1. The van der Waals surface area contributed by atoms with E-state index >= 15 is 0 Å². The summed E-state index contributed by atoms with van der Waals surface area (Å²) in [6.07, 6.45) is 9.88. The fourth-order valence-corrected chi connectivity index (χ4v) is 5.95. The molecule has 0 bridgehead atoms. The van der Waals surface area contributed by atoms with Crippen LogP contribution in [0.15, 0.2) is 34.7 Å². The zero-order chi connectivity index (χ0) is 18.0. The number of hydrogen-bond donors (Lipinski definition) is 0. The highest BCUT2D eigenvalue weighted by Gasteiger charge is 2.29. The van der Waals surface area contributed by atoms with Gasteiger partial charge in [-0.05, 0) is 56.2 Å². The maximum absolute atomic E-state index is 12.7. The van der Waals surface area contributed by atoms with Crippen molar-refractivity contribution in [2.45, 2.75) is 61.1 Å². The van der Waals surface area contributed by atoms with Gasteiger partial charge >= 0.3 is 0 Å². The largest absolute Gasteiger partial charge is 0.381 e. The van der Waals surface area contributed by atoms with Crippen LogP contribution in [0.3, 0.4) is 0 Å². The molecule has 1 saturated carbocycles. The molecule has 1 aromatic rings. The predicted octanol–water partition coefficient (Wildman–Crippen LogP) is 3.67. The Bertz CT molecular complexity index is 734. The first-order valence-electron chi connectivity index (χ1n) is 9.98. The third-order valence-electron chi connectivity index (χ3n) is 6.22. The number of sulfone groups is 1. The number of rotatable bonds is 4. The molecule has 142 valence electrons. The molecule has 2 saturated heterocycles. The lowest BCUT2D eigenvalue weighted by molar-refractivity contribution is 0.0983. The number of likely N-dealkylation sites (tertiary alicyclic amines) is 1. The summed E-state index contributed by atoms with van der Waals surface area (Å²) < 4.78 is 30.8. The van der Waals surface area contributed by atoms with Crippen molar-refractivity contribution in [3.8, 4) is 0 Å². The lowest BCUT2D eigenvalue weighted by Crippen LogP contribution is -2.43. The SMILES string of the molecule is O=S(=O)(c1ccc(C=C2CCN(C3CCC3)CC2)cc1)C1CCOCC1. The van der Waals surface area contributed by atoms with E-state index in [1.807, 2.05) is 12.1 Å². The highest BCUT2D eigenvalue weighted by Crippen LogP contribution is 2.30. The first-order chi connectivity index (χ1) is 12.6. The summed E-state index contributed by atoms with van der Waals surface area (Å²) in [7, 11) is -3.23. The molecule has 26 heavy (non-hydrogen) atoms. The summed E-state index contributed by atoms with van der Waals surface area (Å²) in [4.78, 5) is 3.09. The van der Waals surface area contributed by atoms with E-state index in [2.05, 4.69) is 11.0 Å². The zero-order valence-corrected chi connectivity index (χ0v) is 16.2. The summed E-state index contributed by atoms with van der Waals surface area (Å²) >= 11 is 0. The van der Waals surface area contributed by atoms with Crippen LogP contribution in [0.4, 0.5) is 0 Å². The van der Waals surface area contributed by atoms with Crippen LogP contribution < -0.4 is 0 Å². The first kappa shape index (κ1) is 18.2. The normalized spacial score (nSPS) is 23.6. The molecule has 1 aliphatic carbocycles. The van der Waals surface area contributed by atoms with Crippen LogP contribution in [-0.2, 0) is 14.6 Å². The standard InChI is InChI=1S/C21H29NO3S/c23-26(24,21-10-14-25-15-11-21)20-6-4-17(5-7-20)16-18-8-12-22(13-9-18)19-2-1-3-19/h4-7,16,19,21H,1-3,8-15H2. The van der Waals surface area contributed by atoms with Crippen molar-refractivity contribution in [3.63, 3.8) is 0 Å². The van der Waals surface area contributed by atoms with Crippen molar-refractivity contribution >= 4 is 15.9 Å². The Morgan fingerprint density at radius 1 is 0.962 bits per heavy atom. The van der Waals surface area contributed by atoms with Crippen LogP contribution in [0, 0.1) is 0 Å². The molecule has 3 fully saturated rings. The van der Waals surface area contributed by atoms with Gasteiger partial charge in [-0.15, -0.1) is 0 Å². The smallest absolute Gasteiger partial charge is 0.181 e. The van der Waals surface area contributed by atoms with Crippen molar-refractivity contribution in [1.82, 2.24) is 4.90 Å². The Morgan fingerprint density at radius 2 is 1.62 bits per heavy atom. The average molecular weight is 376 g/mol. The maximum Gasteiger partial charge on any atom is 0.181 e. The lowest BCUT2D eigenvalue weighted by Gasteiger charge is -2.40. The van der Waals surface area contributed by atoms with Gasteiger partial charge in [-0.25, -0.2) is 8.42 Å². The molecule has 0 amide bonds. The third kappa shape index (κ3) is 3.90. The Hall–Kier alpha value is -1.17. The van der Waals surface area contributed by atoms with E-state index in [9.17, 15) is 8.42 Å². The fraction of sp³-hybridized carbons (Fsp3) is 0.619. The predicted molar refractivity (Wildman–Crippen MR) is 104 cm³/mol. The van der Waals surface area contributed by atoms with Gasteiger partial charge in [-0.1, -0.05) is 30.2 Å². The molecule has 2 aliphatic heterocycles. The molecule has 0 unspecified atom stereocenters. The molecule has 5 heteroatoms. The van der Waals surface area contributed by atoms with Gasteiger partial charge in [0.15, 0.2) is 9.84 Å². The minimum atomic E-state index is -3.23. The Balaban J connectivity index is 1.40. The summed E-state index contributed by atoms with van der Waals surface area (Å²) in [5.41, 5.74) is 2.60. The summed E-state index contributed by atoms with van der Waals surface area (Å²) in [5, 5.41) is -0.295. The Morgan fingerprint density at radius 3 is 2.19 bits per heavy atom.